The molecule has 0 saturated carbocycles. The molecule has 0 aliphatic carbocycles. The molecule has 0 fully saturated rings. The Morgan fingerprint density at radius 1 is 0.533 bits per heavy atom. The van der Waals surface area contributed by atoms with Crippen molar-refractivity contribution >= 4 is 11.9 Å². The number of hydrogen-bond acceptors (Lipinski definition) is 4. The minimum Gasteiger partial charge on any atom is -0.417 e. The van der Waals surface area contributed by atoms with Gasteiger partial charge in [-0.05, 0) is 0 Å². The molecule has 2 aromatic carbocycles. The fraction of sp³-hybridized carbons (Fsp3) is 0. The molecule has 0 amide bonds. The SMILES string of the molecule is C=CC(=O)Oc1c(F)c(F)c(-c2c(F)c(F)c(OC(=O)C=C)c(F)c2F)c(F)c1F. The van der Waals surface area contributed by atoms with Gasteiger partial charge >= 0.3 is 11.9 Å². The monoisotopic (exact) mass is 438 g/mol. The summed E-state index contributed by atoms with van der Waals surface area (Å²) in [5.74, 6) is -26.9. The van der Waals surface area contributed by atoms with E-state index in [2.05, 4.69) is 22.6 Å². The molecule has 0 atom stereocenters. The van der Waals surface area contributed by atoms with Gasteiger partial charge in [0.2, 0.25) is 34.8 Å². The molecule has 0 N–H and O–H groups in total. The average molecular weight is 438 g/mol. The summed E-state index contributed by atoms with van der Waals surface area (Å²) >= 11 is 0. The number of carbonyl (C=O) groups excluding carboxylic acids is 2. The average Bonchev–Trinajstić information content (AvgIpc) is 2.73. The number of benzene rings is 2. The molecule has 30 heavy (non-hydrogen) atoms. The van der Waals surface area contributed by atoms with E-state index in [4.69, 9.17) is 0 Å². The fourth-order valence-corrected chi connectivity index (χ4v) is 2.13. The summed E-state index contributed by atoms with van der Waals surface area (Å²) in [5, 5.41) is 0. The summed E-state index contributed by atoms with van der Waals surface area (Å²) in [6, 6.07) is 0. The molecule has 0 bridgehead atoms. The molecule has 158 valence electrons. The van der Waals surface area contributed by atoms with Gasteiger partial charge in [0.1, 0.15) is 0 Å². The van der Waals surface area contributed by atoms with Crippen molar-refractivity contribution in [2.45, 2.75) is 0 Å². The van der Waals surface area contributed by atoms with E-state index in [0.717, 1.165) is 0 Å². The van der Waals surface area contributed by atoms with Crippen molar-refractivity contribution in [2.75, 3.05) is 0 Å². The van der Waals surface area contributed by atoms with E-state index >= 15 is 0 Å². The zero-order valence-electron chi connectivity index (χ0n) is 14.2. The maximum absolute atomic E-state index is 14.3. The molecule has 0 heterocycles. The van der Waals surface area contributed by atoms with Crippen LogP contribution in [-0.2, 0) is 9.59 Å². The van der Waals surface area contributed by atoms with Crippen LogP contribution in [0.15, 0.2) is 25.3 Å². The van der Waals surface area contributed by atoms with Gasteiger partial charge in [-0.2, -0.15) is 17.6 Å². The second-order valence-corrected chi connectivity index (χ2v) is 5.17. The maximum Gasteiger partial charge on any atom is 0.335 e. The van der Waals surface area contributed by atoms with Crippen molar-refractivity contribution in [2.24, 2.45) is 0 Å². The van der Waals surface area contributed by atoms with Gasteiger partial charge in [0.25, 0.3) is 0 Å². The Kier molecular flexibility index (Phi) is 6.29. The van der Waals surface area contributed by atoms with Crippen LogP contribution in [0.1, 0.15) is 0 Å². The minimum atomic E-state index is -2.55. The van der Waals surface area contributed by atoms with Gasteiger partial charge in [-0.1, -0.05) is 13.2 Å². The van der Waals surface area contributed by atoms with Crippen molar-refractivity contribution in [3.63, 3.8) is 0 Å². The highest BCUT2D eigenvalue weighted by Gasteiger charge is 2.36. The van der Waals surface area contributed by atoms with Crippen LogP contribution in [-0.4, -0.2) is 11.9 Å². The molecule has 4 nitrogen and oxygen atoms in total. The van der Waals surface area contributed by atoms with Crippen molar-refractivity contribution < 1.29 is 54.2 Å². The number of hydrogen-bond donors (Lipinski definition) is 0. The fourth-order valence-electron chi connectivity index (χ4n) is 2.13. The molecule has 2 rings (SSSR count). The molecule has 0 aliphatic heterocycles. The maximum atomic E-state index is 14.3. The zero-order valence-corrected chi connectivity index (χ0v) is 14.2. The molecule has 0 unspecified atom stereocenters. The predicted molar refractivity (Wildman–Crippen MR) is 83.2 cm³/mol. The Balaban J connectivity index is 2.86. The van der Waals surface area contributed by atoms with Crippen LogP contribution >= 0.6 is 0 Å². The second kappa shape index (κ2) is 8.35. The molecular formula is C18H6F8O4. The number of ether oxygens (including phenoxy) is 2. The third-order valence-electron chi connectivity index (χ3n) is 3.43. The lowest BCUT2D eigenvalue weighted by atomic mass is 10.0. The smallest absolute Gasteiger partial charge is 0.335 e. The summed E-state index contributed by atoms with van der Waals surface area (Å²) in [7, 11) is 0. The second-order valence-electron chi connectivity index (χ2n) is 5.17. The molecule has 0 aromatic heterocycles. The first-order valence-corrected chi connectivity index (χ1v) is 7.38. The Hall–Kier alpha value is -3.70. The van der Waals surface area contributed by atoms with Gasteiger partial charge < -0.3 is 9.47 Å². The van der Waals surface area contributed by atoms with Gasteiger partial charge in [-0.15, -0.1) is 0 Å². The van der Waals surface area contributed by atoms with E-state index in [1.165, 1.54) is 0 Å². The quantitative estimate of drug-likeness (QED) is 0.224. The van der Waals surface area contributed by atoms with E-state index in [1.54, 1.807) is 0 Å². The first-order valence-electron chi connectivity index (χ1n) is 7.38. The summed E-state index contributed by atoms with van der Waals surface area (Å²) in [4.78, 5) is 22.0. The highest BCUT2D eigenvalue weighted by Crippen LogP contribution is 2.41. The molecule has 0 aliphatic rings. The Bertz CT molecular complexity index is 965. The third-order valence-corrected chi connectivity index (χ3v) is 3.43. The molecule has 0 spiro atoms. The standard InChI is InChI=1S/C18H6F8O4/c1-3-5(27)29-17-13(23)9(19)7(10(20)14(17)24)8-11(21)15(25)18(16(26)12(8)22)30-6(28)4-2/h3-4H,1-2H2. The Morgan fingerprint density at radius 2 is 0.767 bits per heavy atom. The molecule has 2 aromatic rings. The van der Waals surface area contributed by atoms with E-state index in [-0.39, 0.29) is 0 Å². The topological polar surface area (TPSA) is 52.6 Å². The van der Waals surface area contributed by atoms with Crippen LogP contribution in [0.3, 0.4) is 0 Å². The molecule has 12 heteroatoms. The lowest BCUT2D eigenvalue weighted by Crippen LogP contribution is -2.13. The Labute approximate surface area is 161 Å². The van der Waals surface area contributed by atoms with E-state index in [9.17, 15) is 44.7 Å². The minimum absolute atomic E-state index is 0.371. The third kappa shape index (κ3) is 3.63. The highest BCUT2D eigenvalue weighted by atomic mass is 19.2. The predicted octanol–water partition coefficient (Wildman–Crippen LogP) is 4.65. The summed E-state index contributed by atoms with van der Waals surface area (Å²) in [6.07, 6.45) is 0.742. The largest absolute Gasteiger partial charge is 0.417 e. The highest BCUT2D eigenvalue weighted by molar-refractivity contribution is 5.84. The van der Waals surface area contributed by atoms with Crippen LogP contribution in [0, 0.1) is 46.5 Å². The summed E-state index contributed by atoms with van der Waals surface area (Å²) in [6.45, 7) is 5.74. The van der Waals surface area contributed by atoms with Gasteiger partial charge in [0.15, 0.2) is 23.3 Å². The van der Waals surface area contributed by atoms with Crippen LogP contribution in [0.5, 0.6) is 11.5 Å². The summed E-state index contributed by atoms with van der Waals surface area (Å²) in [5.41, 5.74) is -4.39. The first kappa shape index (κ1) is 22.6. The number of halogens is 8. The van der Waals surface area contributed by atoms with Crippen molar-refractivity contribution in [1.82, 2.24) is 0 Å². The molecule has 0 radical (unpaired) electrons. The first-order chi connectivity index (χ1) is 14.0. The number of esters is 2. The van der Waals surface area contributed by atoms with Crippen molar-refractivity contribution in [1.29, 1.82) is 0 Å². The van der Waals surface area contributed by atoms with Crippen molar-refractivity contribution in [3.8, 4) is 22.6 Å². The molecular weight excluding hydrogens is 432 g/mol. The Morgan fingerprint density at radius 3 is 0.967 bits per heavy atom. The van der Waals surface area contributed by atoms with Gasteiger partial charge in [0, 0.05) is 12.2 Å². The van der Waals surface area contributed by atoms with Gasteiger partial charge in [0.05, 0.1) is 11.1 Å². The lowest BCUT2D eigenvalue weighted by molar-refractivity contribution is -0.130. The van der Waals surface area contributed by atoms with Crippen LogP contribution in [0.25, 0.3) is 11.1 Å². The number of rotatable bonds is 5. The molecule has 0 saturated heterocycles. The van der Waals surface area contributed by atoms with E-state index < -0.39 is 81.1 Å². The normalized spacial score (nSPS) is 10.5. The van der Waals surface area contributed by atoms with Crippen molar-refractivity contribution in [3.05, 3.63) is 71.8 Å². The van der Waals surface area contributed by atoms with Crippen LogP contribution < -0.4 is 9.47 Å². The summed E-state index contributed by atoms with van der Waals surface area (Å²) < 4.78 is 121. The van der Waals surface area contributed by atoms with Gasteiger partial charge in [-0.3, -0.25) is 0 Å². The van der Waals surface area contributed by atoms with E-state index in [0.29, 0.717) is 12.2 Å². The van der Waals surface area contributed by atoms with E-state index in [1.807, 2.05) is 0 Å². The number of carbonyl (C=O) groups is 2. The zero-order chi connectivity index (χ0) is 22.9. The van der Waals surface area contributed by atoms with Crippen LogP contribution in [0.2, 0.25) is 0 Å². The lowest BCUT2D eigenvalue weighted by Gasteiger charge is -2.15. The van der Waals surface area contributed by atoms with Crippen LogP contribution in [0.4, 0.5) is 35.1 Å². The van der Waals surface area contributed by atoms with Gasteiger partial charge in [-0.25, -0.2) is 27.2 Å².